The fourth-order valence-corrected chi connectivity index (χ4v) is 2.61. The van der Waals surface area contributed by atoms with E-state index in [2.05, 4.69) is 10.3 Å². The minimum Gasteiger partial charge on any atom is -0.392 e. The summed E-state index contributed by atoms with van der Waals surface area (Å²) >= 11 is 6.13. The van der Waals surface area contributed by atoms with Gasteiger partial charge in [-0.2, -0.15) is 0 Å². The summed E-state index contributed by atoms with van der Waals surface area (Å²) in [6.07, 6.45) is 4.87. The van der Waals surface area contributed by atoms with Crippen LogP contribution in [0.15, 0.2) is 48.7 Å². The molecule has 2 aromatic heterocycles. The summed E-state index contributed by atoms with van der Waals surface area (Å²) in [4.78, 5) is 16.4. The Labute approximate surface area is 144 Å². The van der Waals surface area contributed by atoms with Crippen molar-refractivity contribution in [3.8, 4) is 0 Å². The predicted octanol–water partition coefficient (Wildman–Crippen LogP) is 3.44. The van der Waals surface area contributed by atoms with Crippen LogP contribution in [0.2, 0.25) is 5.15 Å². The van der Waals surface area contributed by atoms with Crippen LogP contribution in [0.3, 0.4) is 0 Å². The van der Waals surface area contributed by atoms with Gasteiger partial charge in [0.15, 0.2) is 5.15 Å². The summed E-state index contributed by atoms with van der Waals surface area (Å²) < 4.78 is 1.81. The van der Waals surface area contributed by atoms with Crippen molar-refractivity contribution in [1.82, 2.24) is 9.38 Å². The van der Waals surface area contributed by atoms with Crippen molar-refractivity contribution in [2.24, 2.45) is 0 Å². The molecule has 0 saturated carbocycles. The number of aromatic nitrogens is 2. The first kappa shape index (κ1) is 16.2. The van der Waals surface area contributed by atoms with Crippen molar-refractivity contribution in [2.75, 3.05) is 5.32 Å². The van der Waals surface area contributed by atoms with Gasteiger partial charge in [0.2, 0.25) is 5.91 Å². The highest BCUT2D eigenvalue weighted by Crippen LogP contribution is 2.20. The zero-order chi connectivity index (χ0) is 17.1. The van der Waals surface area contributed by atoms with Gasteiger partial charge in [-0.05, 0) is 42.3 Å². The lowest BCUT2D eigenvalue weighted by atomic mass is 10.1. The lowest BCUT2D eigenvalue weighted by Crippen LogP contribution is -2.09. The van der Waals surface area contributed by atoms with Crippen molar-refractivity contribution in [2.45, 2.75) is 13.5 Å². The molecular weight excluding hydrogens is 326 g/mol. The number of benzene rings is 1. The zero-order valence-electron chi connectivity index (χ0n) is 13.0. The number of aryl methyl sites for hydroxylation is 1. The van der Waals surface area contributed by atoms with E-state index in [1.54, 1.807) is 12.1 Å². The van der Waals surface area contributed by atoms with Crippen LogP contribution in [-0.2, 0) is 11.4 Å². The number of amides is 1. The molecule has 2 N–H and O–H groups in total. The molecular formula is C18H16ClN3O2. The molecule has 1 aromatic carbocycles. The van der Waals surface area contributed by atoms with E-state index in [1.165, 1.54) is 6.08 Å². The number of fused-ring (bicyclic) bond motifs is 1. The molecule has 0 aliphatic carbocycles. The van der Waals surface area contributed by atoms with E-state index in [9.17, 15) is 9.90 Å². The number of nitrogens with zero attached hydrogens (tertiary/aromatic N) is 2. The molecule has 0 radical (unpaired) electrons. The first-order valence-electron chi connectivity index (χ1n) is 7.40. The molecule has 2 heterocycles. The van der Waals surface area contributed by atoms with E-state index < -0.39 is 0 Å². The highest BCUT2D eigenvalue weighted by molar-refractivity contribution is 6.31. The van der Waals surface area contributed by atoms with Gasteiger partial charge in [0.1, 0.15) is 5.65 Å². The second-order valence-corrected chi connectivity index (χ2v) is 5.70. The van der Waals surface area contributed by atoms with Crippen LogP contribution >= 0.6 is 11.6 Å². The van der Waals surface area contributed by atoms with Crippen molar-refractivity contribution in [3.05, 3.63) is 70.6 Å². The smallest absolute Gasteiger partial charge is 0.248 e. The molecule has 3 rings (SSSR count). The van der Waals surface area contributed by atoms with Gasteiger partial charge in [0, 0.05) is 18.0 Å². The first-order chi connectivity index (χ1) is 11.6. The average molecular weight is 342 g/mol. The molecule has 0 spiro atoms. The first-order valence-corrected chi connectivity index (χ1v) is 7.78. The van der Waals surface area contributed by atoms with Crippen LogP contribution in [0, 0.1) is 6.92 Å². The SMILES string of the molecule is Cc1ccc(CO)cc1NC(=O)/C=C/c1c(Cl)nc2ccccn12. The summed E-state index contributed by atoms with van der Waals surface area (Å²) in [5.41, 5.74) is 3.68. The van der Waals surface area contributed by atoms with Gasteiger partial charge in [0.25, 0.3) is 0 Å². The van der Waals surface area contributed by atoms with Gasteiger partial charge >= 0.3 is 0 Å². The standard InChI is InChI=1S/C18H16ClN3O2/c1-12-5-6-13(11-23)10-14(12)20-17(24)8-7-15-18(19)21-16-4-2-3-9-22(15)16/h2-10,23H,11H2,1H3,(H,20,24)/b8-7+. The fraction of sp³-hybridized carbons (Fsp3) is 0.111. The summed E-state index contributed by atoms with van der Waals surface area (Å²) in [5, 5.41) is 12.3. The third-order valence-electron chi connectivity index (χ3n) is 3.66. The summed E-state index contributed by atoms with van der Waals surface area (Å²) in [5.74, 6) is -0.282. The molecule has 0 aliphatic rings. The number of pyridine rings is 1. The lowest BCUT2D eigenvalue weighted by Gasteiger charge is -2.08. The minimum absolute atomic E-state index is 0.0730. The Balaban J connectivity index is 1.82. The highest BCUT2D eigenvalue weighted by atomic mass is 35.5. The van der Waals surface area contributed by atoms with Crippen LogP contribution in [0.4, 0.5) is 5.69 Å². The van der Waals surface area contributed by atoms with Gasteiger partial charge < -0.3 is 10.4 Å². The monoisotopic (exact) mass is 341 g/mol. The van der Waals surface area contributed by atoms with Gasteiger partial charge in [-0.25, -0.2) is 4.98 Å². The number of hydrogen-bond acceptors (Lipinski definition) is 3. The Morgan fingerprint density at radius 2 is 2.21 bits per heavy atom. The molecule has 6 heteroatoms. The number of halogens is 1. The minimum atomic E-state index is -0.282. The van der Waals surface area contributed by atoms with E-state index in [1.807, 2.05) is 47.9 Å². The lowest BCUT2D eigenvalue weighted by molar-refractivity contribution is -0.111. The second kappa shape index (κ2) is 6.86. The molecule has 0 unspecified atom stereocenters. The molecule has 0 fully saturated rings. The van der Waals surface area contributed by atoms with Crippen LogP contribution in [0.5, 0.6) is 0 Å². The number of anilines is 1. The fourth-order valence-electron chi connectivity index (χ4n) is 2.37. The third-order valence-corrected chi connectivity index (χ3v) is 3.94. The number of carbonyl (C=O) groups is 1. The normalized spacial score (nSPS) is 11.3. The number of carbonyl (C=O) groups excluding carboxylic acids is 1. The van der Waals surface area contributed by atoms with E-state index in [-0.39, 0.29) is 12.5 Å². The van der Waals surface area contributed by atoms with Crippen molar-refractivity contribution < 1.29 is 9.90 Å². The summed E-state index contributed by atoms with van der Waals surface area (Å²) in [6, 6.07) is 11.0. The maximum absolute atomic E-state index is 12.2. The molecule has 1 amide bonds. The molecule has 0 aliphatic heterocycles. The van der Waals surface area contributed by atoms with Crippen LogP contribution in [0.25, 0.3) is 11.7 Å². The zero-order valence-corrected chi connectivity index (χ0v) is 13.8. The molecule has 0 bridgehead atoms. The third kappa shape index (κ3) is 3.32. The van der Waals surface area contributed by atoms with Crippen molar-refractivity contribution in [1.29, 1.82) is 0 Å². The molecule has 5 nitrogen and oxygen atoms in total. The largest absolute Gasteiger partial charge is 0.392 e. The number of aliphatic hydroxyl groups excluding tert-OH is 1. The molecule has 24 heavy (non-hydrogen) atoms. The number of hydrogen-bond donors (Lipinski definition) is 2. The number of rotatable bonds is 4. The van der Waals surface area contributed by atoms with Gasteiger partial charge in [-0.3, -0.25) is 9.20 Å². The van der Waals surface area contributed by atoms with E-state index in [0.29, 0.717) is 22.2 Å². The second-order valence-electron chi connectivity index (χ2n) is 5.35. The quantitative estimate of drug-likeness (QED) is 0.714. The maximum Gasteiger partial charge on any atom is 0.248 e. The summed E-state index contributed by atoms with van der Waals surface area (Å²) in [6.45, 7) is 1.82. The Morgan fingerprint density at radius 1 is 1.38 bits per heavy atom. The highest BCUT2D eigenvalue weighted by Gasteiger charge is 2.08. The predicted molar refractivity (Wildman–Crippen MR) is 95.0 cm³/mol. The molecule has 3 aromatic rings. The van der Waals surface area contributed by atoms with E-state index in [0.717, 1.165) is 11.1 Å². The van der Waals surface area contributed by atoms with Crippen LogP contribution < -0.4 is 5.32 Å². The topological polar surface area (TPSA) is 66.6 Å². The Morgan fingerprint density at radius 3 is 3.00 bits per heavy atom. The average Bonchev–Trinajstić information content (AvgIpc) is 2.90. The Kier molecular flexibility index (Phi) is 4.64. The Hall–Kier alpha value is -2.63. The van der Waals surface area contributed by atoms with E-state index in [4.69, 9.17) is 11.6 Å². The van der Waals surface area contributed by atoms with E-state index >= 15 is 0 Å². The van der Waals surface area contributed by atoms with Crippen LogP contribution in [-0.4, -0.2) is 20.4 Å². The number of imidazole rings is 1. The molecule has 122 valence electrons. The molecule has 0 atom stereocenters. The number of nitrogens with one attached hydrogen (secondary N) is 1. The molecule has 0 saturated heterocycles. The Bertz CT molecular complexity index is 931. The van der Waals surface area contributed by atoms with Gasteiger partial charge in [-0.15, -0.1) is 0 Å². The van der Waals surface area contributed by atoms with Crippen molar-refractivity contribution in [3.63, 3.8) is 0 Å². The van der Waals surface area contributed by atoms with Crippen LogP contribution in [0.1, 0.15) is 16.8 Å². The van der Waals surface area contributed by atoms with Gasteiger partial charge in [-0.1, -0.05) is 29.8 Å². The number of aliphatic hydroxyl groups is 1. The van der Waals surface area contributed by atoms with Gasteiger partial charge in [0.05, 0.1) is 12.3 Å². The maximum atomic E-state index is 12.2. The summed E-state index contributed by atoms with van der Waals surface area (Å²) in [7, 11) is 0. The van der Waals surface area contributed by atoms with Crippen molar-refractivity contribution >= 4 is 34.9 Å².